The van der Waals surface area contributed by atoms with Crippen LogP contribution in [-0.4, -0.2) is 19.0 Å². The fourth-order valence-electron chi connectivity index (χ4n) is 0.898. The van der Waals surface area contributed by atoms with E-state index in [1.165, 1.54) is 0 Å². The van der Waals surface area contributed by atoms with Gasteiger partial charge in [0.05, 0.1) is 12.7 Å². The van der Waals surface area contributed by atoms with Gasteiger partial charge in [-0.15, -0.1) is 0 Å². The molecule has 0 saturated carbocycles. The van der Waals surface area contributed by atoms with E-state index in [0.29, 0.717) is 12.0 Å². The highest BCUT2D eigenvalue weighted by molar-refractivity contribution is 4.64. The van der Waals surface area contributed by atoms with E-state index in [2.05, 4.69) is 13.8 Å². The van der Waals surface area contributed by atoms with Crippen LogP contribution in [0.15, 0.2) is 0 Å². The minimum absolute atomic E-state index is 0.00352. The predicted molar refractivity (Wildman–Crippen MR) is 35.1 cm³/mol. The number of ether oxygens (including phenoxy) is 2. The second kappa shape index (κ2) is 2.67. The van der Waals surface area contributed by atoms with Crippen molar-refractivity contribution in [3.8, 4) is 0 Å². The van der Waals surface area contributed by atoms with Crippen LogP contribution in [0.1, 0.15) is 20.8 Å². The number of hydrogen-bond acceptors (Lipinski definition) is 2. The third-order valence-electron chi connectivity index (χ3n) is 1.80. The van der Waals surface area contributed by atoms with E-state index < -0.39 is 0 Å². The molecule has 1 aliphatic rings. The number of rotatable bonds is 0. The van der Waals surface area contributed by atoms with Crippen molar-refractivity contribution in [3.63, 3.8) is 0 Å². The molecule has 0 unspecified atom stereocenters. The molecule has 0 aliphatic carbocycles. The van der Waals surface area contributed by atoms with Gasteiger partial charge in [0, 0.05) is 5.92 Å². The summed E-state index contributed by atoms with van der Waals surface area (Å²) in [6, 6.07) is 0. The Bertz CT molecular complexity index is 92.9. The van der Waals surface area contributed by atoms with Gasteiger partial charge in [0.1, 0.15) is 0 Å². The van der Waals surface area contributed by atoms with Crippen molar-refractivity contribution in [2.75, 3.05) is 6.61 Å². The maximum Gasteiger partial charge on any atom is 0.155 e. The third-order valence-corrected chi connectivity index (χ3v) is 1.80. The summed E-state index contributed by atoms with van der Waals surface area (Å²) in [7, 11) is 0. The normalized spacial score (nSPS) is 45.0. The van der Waals surface area contributed by atoms with Gasteiger partial charge in [-0.1, -0.05) is 6.92 Å². The molecule has 54 valence electrons. The number of hydrogen-bond donors (Lipinski definition) is 0. The van der Waals surface area contributed by atoms with Crippen LogP contribution in [-0.2, 0) is 9.47 Å². The molecule has 0 aromatic heterocycles. The minimum atomic E-state index is -0.00352. The van der Waals surface area contributed by atoms with E-state index in [0.717, 1.165) is 6.61 Å². The Morgan fingerprint density at radius 2 is 1.89 bits per heavy atom. The largest absolute Gasteiger partial charge is 0.353 e. The highest BCUT2D eigenvalue weighted by Gasteiger charge is 2.21. The molecule has 9 heavy (non-hydrogen) atoms. The molecular weight excluding hydrogens is 116 g/mol. The van der Waals surface area contributed by atoms with Crippen LogP contribution in [0, 0.1) is 5.92 Å². The van der Waals surface area contributed by atoms with Crippen LogP contribution in [0.3, 0.4) is 0 Å². The molecule has 0 aromatic rings. The summed E-state index contributed by atoms with van der Waals surface area (Å²) in [5, 5.41) is 0. The maximum absolute atomic E-state index is 5.38. The highest BCUT2D eigenvalue weighted by Crippen LogP contribution is 2.16. The molecule has 0 N–H and O–H groups in total. The van der Waals surface area contributed by atoms with Crippen molar-refractivity contribution < 1.29 is 9.47 Å². The molecule has 1 aliphatic heterocycles. The van der Waals surface area contributed by atoms with Crippen molar-refractivity contribution in [1.82, 2.24) is 0 Å². The van der Waals surface area contributed by atoms with Crippen molar-refractivity contribution >= 4 is 0 Å². The molecule has 1 fully saturated rings. The van der Waals surface area contributed by atoms with Crippen LogP contribution in [0.2, 0.25) is 0 Å². The minimum Gasteiger partial charge on any atom is -0.353 e. The lowest BCUT2D eigenvalue weighted by Crippen LogP contribution is -2.35. The van der Waals surface area contributed by atoms with E-state index in [4.69, 9.17) is 9.47 Å². The van der Waals surface area contributed by atoms with Crippen LogP contribution >= 0.6 is 0 Å². The molecule has 1 heterocycles. The van der Waals surface area contributed by atoms with Crippen LogP contribution in [0.4, 0.5) is 0 Å². The predicted octanol–water partition coefficient (Wildman–Crippen LogP) is 1.40. The molecule has 2 heteroatoms. The van der Waals surface area contributed by atoms with Crippen LogP contribution < -0.4 is 0 Å². The molecule has 2 nitrogen and oxygen atoms in total. The lowest BCUT2D eigenvalue weighted by Gasteiger charge is -2.30. The SMILES string of the molecule is C[C@H]1OC[C@@H](C)[C@@H](C)O1. The van der Waals surface area contributed by atoms with Gasteiger partial charge in [0.25, 0.3) is 0 Å². The Morgan fingerprint density at radius 3 is 2.33 bits per heavy atom. The zero-order valence-corrected chi connectivity index (χ0v) is 6.26. The standard InChI is InChI=1S/C7H14O2/c1-5-4-8-7(3)9-6(5)2/h5-7H,4H2,1-3H3/t5-,6-,7+/m1/s1. The fourth-order valence-corrected chi connectivity index (χ4v) is 0.898. The lowest BCUT2D eigenvalue weighted by molar-refractivity contribution is -0.219. The highest BCUT2D eigenvalue weighted by atomic mass is 16.7. The average Bonchev–Trinajstić information content (AvgIpc) is 1.80. The molecule has 0 radical (unpaired) electrons. The van der Waals surface area contributed by atoms with Gasteiger partial charge in [-0.25, -0.2) is 0 Å². The molecule has 0 spiro atoms. The summed E-state index contributed by atoms with van der Waals surface area (Å²) in [4.78, 5) is 0. The summed E-state index contributed by atoms with van der Waals surface area (Å²) in [5.74, 6) is 0.543. The van der Waals surface area contributed by atoms with E-state index >= 15 is 0 Å². The van der Waals surface area contributed by atoms with Gasteiger partial charge >= 0.3 is 0 Å². The zero-order chi connectivity index (χ0) is 6.85. The summed E-state index contributed by atoms with van der Waals surface area (Å²) < 4.78 is 10.6. The molecule has 0 aromatic carbocycles. The Morgan fingerprint density at radius 1 is 1.22 bits per heavy atom. The Labute approximate surface area is 56.2 Å². The first-order chi connectivity index (χ1) is 4.20. The molecular formula is C7H14O2. The summed E-state index contributed by atoms with van der Waals surface area (Å²) >= 11 is 0. The first-order valence-corrected chi connectivity index (χ1v) is 3.47. The van der Waals surface area contributed by atoms with E-state index in [1.807, 2.05) is 6.92 Å². The second-order valence-corrected chi connectivity index (χ2v) is 2.72. The van der Waals surface area contributed by atoms with Gasteiger partial charge in [0.15, 0.2) is 6.29 Å². The molecule has 0 amide bonds. The monoisotopic (exact) mass is 130 g/mol. The smallest absolute Gasteiger partial charge is 0.155 e. The Balaban J connectivity index is 2.35. The van der Waals surface area contributed by atoms with Gasteiger partial charge in [-0.2, -0.15) is 0 Å². The average molecular weight is 130 g/mol. The maximum atomic E-state index is 5.38. The Kier molecular flexibility index (Phi) is 2.09. The first-order valence-electron chi connectivity index (χ1n) is 3.47. The van der Waals surface area contributed by atoms with Gasteiger partial charge in [-0.05, 0) is 13.8 Å². The third kappa shape index (κ3) is 1.66. The summed E-state index contributed by atoms with van der Waals surface area (Å²) in [6.45, 7) is 6.99. The molecule has 1 saturated heterocycles. The fraction of sp³-hybridized carbons (Fsp3) is 1.00. The second-order valence-electron chi connectivity index (χ2n) is 2.72. The van der Waals surface area contributed by atoms with Crippen molar-refractivity contribution in [3.05, 3.63) is 0 Å². The van der Waals surface area contributed by atoms with E-state index in [1.54, 1.807) is 0 Å². The molecule has 0 bridgehead atoms. The topological polar surface area (TPSA) is 18.5 Å². The molecule has 1 rings (SSSR count). The Hall–Kier alpha value is -0.0800. The molecule has 3 atom stereocenters. The first kappa shape index (κ1) is 7.03. The van der Waals surface area contributed by atoms with Crippen molar-refractivity contribution in [2.45, 2.75) is 33.2 Å². The van der Waals surface area contributed by atoms with Gasteiger partial charge in [0.2, 0.25) is 0 Å². The summed E-state index contributed by atoms with van der Waals surface area (Å²) in [6.07, 6.45) is 0.352. The summed E-state index contributed by atoms with van der Waals surface area (Å²) in [5.41, 5.74) is 0. The van der Waals surface area contributed by atoms with E-state index in [-0.39, 0.29) is 6.29 Å². The lowest BCUT2D eigenvalue weighted by atomic mass is 10.1. The van der Waals surface area contributed by atoms with Crippen LogP contribution in [0.25, 0.3) is 0 Å². The van der Waals surface area contributed by atoms with Crippen molar-refractivity contribution in [2.24, 2.45) is 5.92 Å². The van der Waals surface area contributed by atoms with Gasteiger partial charge < -0.3 is 9.47 Å². The quantitative estimate of drug-likeness (QED) is 0.493. The zero-order valence-electron chi connectivity index (χ0n) is 6.26. The van der Waals surface area contributed by atoms with E-state index in [9.17, 15) is 0 Å². The van der Waals surface area contributed by atoms with Crippen molar-refractivity contribution in [1.29, 1.82) is 0 Å². The van der Waals surface area contributed by atoms with Crippen LogP contribution in [0.5, 0.6) is 0 Å². The van der Waals surface area contributed by atoms with Gasteiger partial charge in [-0.3, -0.25) is 0 Å².